The predicted octanol–water partition coefficient (Wildman–Crippen LogP) is 2.34. The maximum Gasteiger partial charge on any atom is 0.321 e. The molecule has 0 spiro atoms. The second-order valence-corrected chi connectivity index (χ2v) is 8.75. The number of nitrogens with zero attached hydrogens (tertiary/aromatic N) is 1. The molecule has 0 saturated carbocycles. The van der Waals surface area contributed by atoms with E-state index in [0.29, 0.717) is 35.1 Å². The number of aromatic nitrogens is 1. The molecule has 34 heavy (non-hydrogen) atoms. The van der Waals surface area contributed by atoms with Gasteiger partial charge in [0.05, 0.1) is 23.9 Å². The number of rotatable bonds is 5. The van der Waals surface area contributed by atoms with E-state index in [0.717, 1.165) is 10.8 Å². The highest BCUT2D eigenvalue weighted by molar-refractivity contribution is 6.30. The van der Waals surface area contributed by atoms with E-state index in [4.69, 9.17) is 16.3 Å². The van der Waals surface area contributed by atoms with Gasteiger partial charge in [-0.3, -0.25) is 19.9 Å². The molecule has 2 aliphatic heterocycles. The van der Waals surface area contributed by atoms with Crippen LogP contribution in [0.25, 0.3) is 10.8 Å². The lowest BCUT2D eigenvalue weighted by molar-refractivity contribution is -0.125. The first-order chi connectivity index (χ1) is 16.5. The zero-order chi connectivity index (χ0) is 23.7. The van der Waals surface area contributed by atoms with E-state index in [-0.39, 0.29) is 19.0 Å². The number of carbonyl (C=O) groups is 3. The van der Waals surface area contributed by atoms with E-state index in [9.17, 15) is 14.4 Å². The number of imide groups is 1. The molecule has 2 aliphatic rings. The van der Waals surface area contributed by atoms with E-state index in [1.165, 1.54) is 0 Å². The van der Waals surface area contributed by atoms with Crippen LogP contribution in [0.1, 0.15) is 12.0 Å². The zero-order valence-electron chi connectivity index (χ0n) is 18.1. The molecule has 9 nitrogen and oxygen atoms in total. The van der Waals surface area contributed by atoms with Crippen LogP contribution in [0.3, 0.4) is 0 Å². The summed E-state index contributed by atoms with van der Waals surface area (Å²) in [6.07, 6.45) is 3.73. The van der Waals surface area contributed by atoms with Gasteiger partial charge in [0, 0.05) is 47.1 Å². The first-order valence-corrected chi connectivity index (χ1v) is 11.2. The summed E-state index contributed by atoms with van der Waals surface area (Å²) in [5, 5.41) is 13.3. The highest BCUT2D eigenvalue weighted by atomic mass is 35.5. The third kappa shape index (κ3) is 4.04. The first-order valence-electron chi connectivity index (χ1n) is 10.9. The summed E-state index contributed by atoms with van der Waals surface area (Å²) in [4.78, 5) is 41.9. The Morgan fingerprint density at radius 3 is 2.91 bits per heavy atom. The van der Waals surface area contributed by atoms with Crippen molar-refractivity contribution in [2.24, 2.45) is 0 Å². The number of urea groups is 1. The van der Waals surface area contributed by atoms with Crippen molar-refractivity contribution in [1.82, 2.24) is 20.9 Å². The van der Waals surface area contributed by atoms with E-state index in [1.807, 2.05) is 24.3 Å². The molecule has 5 rings (SSSR count). The van der Waals surface area contributed by atoms with Crippen LogP contribution in [0.2, 0.25) is 5.02 Å². The Morgan fingerprint density at radius 2 is 2.06 bits per heavy atom. The number of fused-ring (bicyclic) bond motifs is 2. The van der Waals surface area contributed by atoms with Gasteiger partial charge in [0.2, 0.25) is 11.8 Å². The quantitative estimate of drug-likeness (QED) is 0.445. The van der Waals surface area contributed by atoms with E-state index >= 15 is 0 Å². The van der Waals surface area contributed by atoms with E-state index < -0.39 is 23.4 Å². The number of pyridine rings is 1. The Labute approximate surface area is 200 Å². The van der Waals surface area contributed by atoms with Gasteiger partial charge < -0.3 is 20.7 Å². The highest BCUT2D eigenvalue weighted by Crippen LogP contribution is 2.41. The third-order valence-electron chi connectivity index (χ3n) is 6.27. The second-order valence-electron chi connectivity index (χ2n) is 8.32. The summed E-state index contributed by atoms with van der Waals surface area (Å²) < 4.78 is 5.82. The number of anilines is 1. The van der Waals surface area contributed by atoms with Crippen LogP contribution in [0.15, 0.2) is 54.9 Å². The summed E-state index contributed by atoms with van der Waals surface area (Å²) in [5.41, 5.74) is 0.199. The molecule has 3 aromatic rings. The average molecular weight is 480 g/mol. The number of hydrogen-bond acceptors (Lipinski definition) is 6. The molecule has 2 aromatic carbocycles. The topological polar surface area (TPSA) is 121 Å². The Morgan fingerprint density at radius 1 is 1.21 bits per heavy atom. The molecule has 3 heterocycles. The standard InChI is InChI=1S/C24H22ClN5O4/c25-15-5-6-17-20(9-15)34-8-7-24(17,13-28-19-12-27-23(33)30-21(19)31)22(32)29-18-11-26-10-14-3-1-2-4-16(14)18/h1-6,9-11,19,28H,7-8,12-13H2,(H,29,32)(H2,27,30,31,33). The molecule has 4 N–H and O–H groups in total. The number of halogens is 1. The minimum Gasteiger partial charge on any atom is -0.493 e. The third-order valence-corrected chi connectivity index (χ3v) is 6.50. The normalized spacial score (nSPS) is 21.7. The summed E-state index contributed by atoms with van der Waals surface area (Å²) in [7, 11) is 0. The molecule has 4 amide bonds. The monoisotopic (exact) mass is 479 g/mol. The average Bonchev–Trinajstić information content (AvgIpc) is 2.83. The van der Waals surface area contributed by atoms with Gasteiger partial charge in [0.25, 0.3) is 0 Å². The maximum absolute atomic E-state index is 13.9. The fraction of sp³-hybridized carbons (Fsp3) is 0.250. The summed E-state index contributed by atoms with van der Waals surface area (Å²) in [6.45, 7) is 0.562. The molecule has 0 radical (unpaired) electrons. The summed E-state index contributed by atoms with van der Waals surface area (Å²) in [6, 6.07) is 11.6. The van der Waals surface area contributed by atoms with Gasteiger partial charge >= 0.3 is 6.03 Å². The minimum atomic E-state index is -1.06. The van der Waals surface area contributed by atoms with Crippen LogP contribution in [-0.4, -0.2) is 48.6 Å². The van der Waals surface area contributed by atoms with Crippen LogP contribution in [0.4, 0.5) is 10.5 Å². The Kier molecular flexibility index (Phi) is 5.80. The van der Waals surface area contributed by atoms with Crippen molar-refractivity contribution in [2.45, 2.75) is 17.9 Å². The van der Waals surface area contributed by atoms with E-state index in [1.54, 1.807) is 30.6 Å². The summed E-state index contributed by atoms with van der Waals surface area (Å²) >= 11 is 6.18. The number of nitrogens with one attached hydrogen (secondary N) is 4. The van der Waals surface area contributed by atoms with Crippen LogP contribution >= 0.6 is 11.6 Å². The molecule has 174 valence electrons. The fourth-order valence-electron chi connectivity index (χ4n) is 4.43. The van der Waals surface area contributed by atoms with Gasteiger partial charge in [-0.15, -0.1) is 0 Å². The van der Waals surface area contributed by atoms with Crippen molar-refractivity contribution >= 4 is 45.9 Å². The molecule has 2 unspecified atom stereocenters. The van der Waals surface area contributed by atoms with Gasteiger partial charge in [-0.2, -0.15) is 0 Å². The minimum absolute atomic E-state index is 0.125. The fourth-order valence-corrected chi connectivity index (χ4v) is 4.59. The molecular weight excluding hydrogens is 458 g/mol. The number of hydrogen-bond donors (Lipinski definition) is 4. The SMILES string of the molecule is O=C1NCC(NCC2(C(=O)Nc3cncc4ccccc34)CCOc3cc(Cl)ccc32)C(=O)N1. The van der Waals surface area contributed by atoms with Crippen molar-refractivity contribution in [3.8, 4) is 5.75 Å². The lowest BCUT2D eigenvalue weighted by atomic mass is 9.74. The van der Waals surface area contributed by atoms with Gasteiger partial charge in [-0.05, 0) is 12.1 Å². The van der Waals surface area contributed by atoms with Gasteiger partial charge in [-0.25, -0.2) is 4.79 Å². The largest absolute Gasteiger partial charge is 0.493 e. The number of benzene rings is 2. The molecule has 1 saturated heterocycles. The molecule has 0 aliphatic carbocycles. The number of ether oxygens (including phenoxy) is 1. The van der Waals surface area contributed by atoms with Crippen molar-refractivity contribution < 1.29 is 19.1 Å². The Bertz CT molecular complexity index is 1290. The van der Waals surface area contributed by atoms with Gasteiger partial charge in [-0.1, -0.05) is 41.9 Å². The van der Waals surface area contributed by atoms with Crippen LogP contribution in [-0.2, 0) is 15.0 Å². The van der Waals surface area contributed by atoms with Gasteiger partial charge in [0.15, 0.2) is 0 Å². The first kappa shape index (κ1) is 22.1. The maximum atomic E-state index is 13.9. The second kappa shape index (κ2) is 8.92. The Hall–Kier alpha value is -3.69. The lowest BCUT2D eigenvalue weighted by Crippen LogP contribution is -2.62. The molecule has 0 bridgehead atoms. The highest BCUT2D eigenvalue weighted by Gasteiger charge is 2.45. The van der Waals surface area contributed by atoms with Crippen molar-refractivity contribution in [2.75, 3.05) is 25.0 Å². The van der Waals surface area contributed by atoms with Crippen LogP contribution < -0.4 is 26.0 Å². The lowest BCUT2D eigenvalue weighted by Gasteiger charge is -2.39. The molecule has 10 heteroatoms. The molecule has 1 aromatic heterocycles. The predicted molar refractivity (Wildman–Crippen MR) is 127 cm³/mol. The van der Waals surface area contributed by atoms with Crippen molar-refractivity contribution in [3.05, 3.63) is 65.4 Å². The molecule has 2 atom stereocenters. The van der Waals surface area contributed by atoms with Gasteiger partial charge in [0.1, 0.15) is 11.8 Å². The van der Waals surface area contributed by atoms with E-state index in [2.05, 4.69) is 26.3 Å². The van der Waals surface area contributed by atoms with Crippen LogP contribution in [0.5, 0.6) is 5.75 Å². The molecular formula is C24H22ClN5O4. The Balaban J connectivity index is 1.50. The number of carbonyl (C=O) groups excluding carboxylic acids is 3. The smallest absolute Gasteiger partial charge is 0.321 e. The molecule has 1 fully saturated rings. The van der Waals surface area contributed by atoms with Crippen molar-refractivity contribution in [3.63, 3.8) is 0 Å². The van der Waals surface area contributed by atoms with Crippen LogP contribution in [0, 0.1) is 0 Å². The summed E-state index contributed by atoms with van der Waals surface area (Å²) in [5.74, 6) is -0.181. The zero-order valence-corrected chi connectivity index (χ0v) is 18.8. The van der Waals surface area contributed by atoms with Crippen molar-refractivity contribution in [1.29, 1.82) is 0 Å². The number of amides is 4.